The van der Waals surface area contributed by atoms with Crippen LogP contribution in [0.15, 0.2) is 59.1 Å². The van der Waals surface area contributed by atoms with Crippen molar-refractivity contribution in [1.82, 2.24) is 14.7 Å². The lowest BCUT2D eigenvalue weighted by Crippen LogP contribution is -2.50. The van der Waals surface area contributed by atoms with Crippen molar-refractivity contribution >= 4 is 21.8 Å². The topological polar surface area (TPSA) is 36.0 Å². The summed E-state index contributed by atoms with van der Waals surface area (Å²) >= 11 is 3.41. The van der Waals surface area contributed by atoms with Gasteiger partial charge in [0.1, 0.15) is 12.4 Å². The summed E-state index contributed by atoms with van der Waals surface area (Å²) in [6.45, 7) is 6.60. The molecule has 156 valence electrons. The molecule has 1 amide bonds. The Morgan fingerprint density at radius 3 is 2.34 bits per heavy atom. The largest absolute Gasteiger partial charge is 0.492 e. The van der Waals surface area contributed by atoms with Gasteiger partial charge in [0.2, 0.25) is 5.91 Å². The number of halogens is 1. The van der Waals surface area contributed by atoms with Crippen molar-refractivity contribution in [1.29, 1.82) is 0 Å². The van der Waals surface area contributed by atoms with Gasteiger partial charge in [0, 0.05) is 44.2 Å². The number of rotatable bonds is 9. The van der Waals surface area contributed by atoms with E-state index in [0.29, 0.717) is 19.7 Å². The second-order valence-corrected chi connectivity index (χ2v) is 8.39. The van der Waals surface area contributed by atoms with E-state index >= 15 is 0 Å². The van der Waals surface area contributed by atoms with E-state index in [1.807, 2.05) is 31.3 Å². The van der Waals surface area contributed by atoms with Gasteiger partial charge >= 0.3 is 0 Å². The minimum absolute atomic E-state index is 0.155. The number of amides is 1. The van der Waals surface area contributed by atoms with E-state index in [4.69, 9.17) is 4.74 Å². The highest BCUT2D eigenvalue weighted by Crippen LogP contribution is 2.16. The SMILES string of the molecule is CN(CCOc1ccc(Br)cc1)C(=O)CN1CCN(CCc2ccccc2)CC1. The van der Waals surface area contributed by atoms with Crippen molar-refractivity contribution in [2.75, 3.05) is 59.5 Å². The number of benzene rings is 2. The van der Waals surface area contributed by atoms with E-state index in [1.165, 1.54) is 5.56 Å². The third kappa shape index (κ3) is 7.46. The van der Waals surface area contributed by atoms with Gasteiger partial charge in [-0.3, -0.25) is 9.69 Å². The van der Waals surface area contributed by atoms with Crippen LogP contribution in [0.2, 0.25) is 0 Å². The molecule has 0 N–H and O–H groups in total. The Hall–Kier alpha value is -1.89. The first-order valence-corrected chi connectivity index (χ1v) is 11.0. The van der Waals surface area contributed by atoms with Gasteiger partial charge in [0.05, 0.1) is 13.1 Å². The van der Waals surface area contributed by atoms with Gasteiger partial charge in [-0.25, -0.2) is 0 Å². The van der Waals surface area contributed by atoms with E-state index < -0.39 is 0 Å². The van der Waals surface area contributed by atoms with E-state index in [-0.39, 0.29) is 5.91 Å². The Bertz CT molecular complexity index is 746. The Kier molecular flexibility index (Phi) is 8.52. The Morgan fingerprint density at radius 1 is 1.00 bits per heavy atom. The fourth-order valence-corrected chi connectivity index (χ4v) is 3.64. The molecule has 5 nitrogen and oxygen atoms in total. The van der Waals surface area contributed by atoms with Crippen LogP contribution in [-0.4, -0.2) is 80.1 Å². The van der Waals surface area contributed by atoms with Crippen LogP contribution in [0, 0.1) is 0 Å². The molecule has 0 spiro atoms. The van der Waals surface area contributed by atoms with Crippen molar-refractivity contribution in [3.05, 3.63) is 64.6 Å². The molecular formula is C23H30BrN3O2. The average molecular weight is 460 g/mol. The third-order valence-electron chi connectivity index (χ3n) is 5.32. The van der Waals surface area contributed by atoms with Gasteiger partial charge in [-0.05, 0) is 36.2 Å². The molecule has 0 bridgehead atoms. The monoisotopic (exact) mass is 459 g/mol. The van der Waals surface area contributed by atoms with Crippen LogP contribution >= 0.6 is 15.9 Å². The molecule has 0 unspecified atom stereocenters. The number of nitrogens with zero attached hydrogens (tertiary/aromatic N) is 3. The molecule has 3 rings (SSSR count). The number of carbonyl (C=O) groups excluding carboxylic acids is 1. The second kappa shape index (κ2) is 11.3. The first-order valence-electron chi connectivity index (χ1n) is 10.2. The number of hydrogen-bond donors (Lipinski definition) is 0. The van der Waals surface area contributed by atoms with Crippen LogP contribution in [0.4, 0.5) is 0 Å². The molecule has 1 fully saturated rings. The quantitative estimate of drug-likeness (QED) is 0.576. The molecule has 0 atom stereocenters. The van der Waals surface area contributed by atoms with E-state index in [1.54, 1.807) is 4.90 Å². The van der Waals surface area contributed by atoms with Crippen LogP contribution in [0.3, 0.4) is 0 Å². The Morgan fingerprint density at radius 2 is 1.66 bits per heavy atom. The van der Waals surface area contributed by atoms with E-state index in [2.05, 4.69) is 56.1 Å². The summed E-state index contributed by atoms with van der Waals surface area (Å²) in [5, 5.41) is 0. The second-order valence-electron chi connectivity index (χ2n) is 7.47. The average Bonchev–Trinajstić information content (AvgIpc) is 2.75. The molecule has 29 heavy (non-hydrogen) atoms. The normalized spacial score (nSPS) is 15.2. The predicted octanol–water partition coefficient (Wildman–Crippen LogP) is 3.15. The fraction of sp³-hybridized carbons (Fsp3) is 0.435. The number of carbonyl (C=O) groups is 1. The van der Waals surface area contributed by atoms with E-state index in [9.17, 15) is 4.79 Å². The predicted molar refractivity (Wildman–Crippen MR) is 120 cm³/mol. The molecule has 1 aliphatic heterocycles. The van der Waals surface area contributed by atoms with Crippen LogP contribution in [0.1, 0.15) is 5.56 Å². The first-order chi connectivity index (χ1) is 14.1. The van der Waals surface area contributed by atoms with Crippen LogP contribution in [0.25, 0.3) is 0 Å². The van der Waals surface area contributed by atoms with Crippen molar-refractivity contribution in [2.45, 2.75) is 6.42 Å². The highest BCUT2D eigenvalue weighted by Gasteiger charge is 2.20. The standard InChI is InChI=1S/C23H30BrN3O2/c1-25(17-18-29-22-9-7-21(24)8-10-22)23(28)19-27-15-13-26(14-16-27)12-11-20-5-3-2-4-6-20/h2-10H,11-19H2,1H3. The number of hydrogen-bond acceptors (Lipinski definition) is 4. The molecule has 6 heteroatoms. The zero-order chi connectivity index (χ0) is 20.5. The molecular weight excluding hydrogens is 430 g/mol. The molecule has 0 aliphatic carbocycles. The van der Waals surface area contributed by atoms with Gasteiger partial charge in [-0.15, -0.1) is 0 Å². The third-order valence-corrected chi connectivity index (χ3v) is 5.85. The smallest absolute Gasteiger partial charge is 0.236 e. The molecule has 0 saturated carbocycles. The lowest BCUT2D eigenvalue weighted by molar-refractivity contribution is -0.131. The van der Waals surface area contributed by atoms with Gasteiger partial charge in [-0.2, -0.15) is 0 Å². The highest BCUT2D eigenvalue weighted by atomic mass is 79.9. The summed E-state index contributed by atoms with van der Waals surface area (Å²) in [4.78, 5) is 19.0. The maximum absolute atomic E-state index is 12.5. The summed E-state index contributed by atoms with van der Waals surface area (Å²) in [6.07, 6.45) is 1.08. The lowest BCUT2D eigenvalue weighted by Gasteiger charge is -2.35. The molecule has 1 saturated heterocycles. The van der Waals surface area contributed by atoms with Gasteiger partial charge < -0.3 is 14.5 Å². The summed E-state index contributed by atoms with van der Waals surface area (Å²) in [6, 6.07) is 18.4. The maximum atomic E-state index is 12.5. The molecule has 1 heterocycles. The van der Waals surface area contributed by atoms with Crippen molar-refractivity contribution in [2.24, 2.45) is 0 Å². The molecule has 0 radical (unpaired) electrons. The lowest BCUT2D eigenvalue weighted by atomic mass is 10.1. The minimum atomic E-state index is 0.155. The first kappa shape index (κ1) is 21.8. The summed E-state index contributed by atoms with van der Waals surface area (Å²) in [5.41, 5.74) is 1.39. The fourth-order valence-electron chi connectivity index (χ4n) is 3.37. The molecule has 2 aromatic rings. The summed E-state index contributed by atoms with van der Waals surface area (Å²) in [5.74, 6) is 0.975. The zero-order valence-electron chi connectivity index (χ0n) is 17.1. The Balaban J connectivity index is 1.30. The molecule has 2 aromatic carbocycles. The molecule has 0 aromatic heterocycles. The maximum Gasteiger partial charge on any atom is 0.236 e. The van der Waals surface area contributed by atoms with Gasteiger partial charge in [-0.1, -0.05) is 46.3 Å². The van der Waals surface area contributed by atoms with Gasteiger partial charge in [0.15, 0.2) is 0 Å². The van der Waals surface area contributed by atoms with Crippen molar-refractivity contribution < 1.29 is 9.53 Å². The zero-order valence-corrected chi connectivity index (χ0v) is 18.7. The van der Waals surface area contributed by atoms with Crippen molar-refractivity contribution in [3.63, 3.8) is 0 Å². The Labute approximate surface area is 182 Å². The number of likely N-dealkylation sites (N-methyl/N-ethyl adjacent to an activating group) is 1. The van der Waals surface area contributed by atoms with Crippen LogP contribution in [-0.2, 0) is 11.2 Å². The minimum Gasteiger partial charge on any atom is -0.492 e. The van der Waals surface area contributed by atoms with Gasteiger partial charge in [0.25, 0.3) is 0 Å². The summed E-state index contributed by atoms with van der Waals surface area (Å²) < 4.78 is 6.74. The number of piperazine rings is 1. The highest BCUT2D eigenvalue weighted by molar-refractivity contribution is 9.10. The van der Waals surface area contributed by atoms with Crippen LogP contribution < -0.4 is 4.74 Å². The van der Waals surface area contributed by atoms with Crippen LogP contribution in [0.5, 0.6) is 5.75 Å². The summed E-state index contributed by atoms with van der Waals surface area (Å²) in [7, 11) is 1.85. The van der Waals surface area contributed by atoms with E-state index in [0.717, 1.165) is 49.4 Å². The molecule has 1 aliphatic rings. The van der Waals surface area contributed by atoms with Crippen molar-refractivity contribution in [3.8, 4) is 5.75 Å². The number of ether oxygens (including phenoxy) is 1.